The first kappa shape index (κ1) is 21.7. The standard InChI is InChI=1S/C27H31N3O3/c1-15-9-8-10-17(13-15)30-26(33)22(16(2)28-30)23-24(31)18(25(23)32)14-21-27(3,4)19-11-6-7-12-20(19)29(21)5/h6-14,18,23-25,28,31-32H,1-5H3. The SMILES string of the molecule is Cc1cccc(-n2[nH]c(C)c(C3C(O)C(C=C4N(C)c5ccccc5C4(C)C)C3O)c2=O)c1. The molecular formula is C27H31N3O3. The van der Waals surface area contributed by atoms with Crippen LogP contribution >= 0.6 is 0 Å². The largest absolute Gasteiger partial charge is 0.392 e. The molecule has 1 aliphatic carbocycles. The fourth-order valence-electron chi connectivity index (χ4n) is 5.66. The van der Waals surface area contributed by atoms with Gasteiger partial charge in [0.1, 0.15) is 0 Å². The lowest BCUT2D eigenvalue weighted by Gasteiger charge is -2.45. The van der Waals surface area contributed by atoms with Crippen molar-refractivity contribution < 1.29 is 10.2 Å². The van der Waals surface area contributed by atoms with Gasteiger partial charge in [0.05, 0.1) is 17.9 Å². The summed E-state index contributed by atoms with van der Waals surface area (Å²) in [5.41, 5.74) is 5.85. The third kappa shape index (κ3) is 3.12. The zero-order chi connectivity index (χ0) is 23.7. The van der Waals surface area contributed by atoms with E-state index in [2.05, 4.69) is 36.0 Å². The lowest BCUT2D eigenvalue weighted by atomic mass is 9.65. The van der Waals surface area contributed by atoms with Crippen LogP contribution in [0.3, 0.4) is 0 Å². The number of aliphatic hydroxyl groups excluding tert-OH is 2. The number of hydrogen-bond donors (Lipinski definition) is 3. The summed E-state index contributed by atoms with van der Waals surface area (Å²) >= 11 is 0. The average Bonchev–Trinajstić information content (AvgIpc) is 3.17. The molecule has 2 heterocycles. The monoisotopic (exact) mass is 445 g/mol. The number of nitrogens with one attached hydrogen (secondary N) is 1. The summed E-state index contributed by atoms with van der Waals surface area (Å²) in [5.74, 6) is -1.07. The highest BCUT2D eigenvalue weighted by Gasteiger charge is 2.52. The molecule has 172 valence electrons. The minimum atomic E-state index is -0.839. The van der Waals surface area contributed by atoms with E-state index in [1.54, 1.807) is 0 Å². The van der Waals surface area contributed by atoms with Crippen molar-refractivity contribution in [3.63, 3.8) is 0 Å². The maximum Gasteiger partial charge on any atom is 0.275 e. The van der Waals surface area contributed by atoms with Crippen LogP contribution in [0.1, 0.15) is 42.1 Å². The number of allylic oxidation sites excluding steroid dienone is 1. The van der Waals surface area contributed by atoms with Crippen LogP contribution in [0.2, 0.25) is 0 Å². The van der Waals surface area contributed by atoms with Crippen LogP contribution in [0.25, 0.3) is 5.69 Å². The van der Waals surface area contributed by atoms with Crippen molar-refractivity contribution in [1.29, 1.82) is 0 Å². The maximum atomic E-state index is 13.3. The Morgan fingerprint density at radius 2 is 1.73 bits per heavy atom. The summed E-state index contributed by atoms with van der Waals surface area (Å²) in [4.78, 5) is 15.4. The summed E-state index contributed by atoms with van der Waals surface area (Å²) in [7, 11) is 2.02. The average molecular weight is 446 g/mol. The van der Waals surface area contributed by atoms with Crippen LogP contribution < -0.4 is 10.5 Å². The highest BCUT2D eigenvalue weighted by atomic mass is 16.3. The Bertz CT molecular complexity index is 1310. The molecule has 3 aromatic rings. The fraction of sp³-hybridized carbons (Fsp3) is 0.370. The minimum Gasteiger partial charge on any atom is -0.392 e. The van der Waals surface area contributed by atoms with Gasteiger partial charge in [-0.15, -0.1) is 0 Å². The van der Waals surface area contributed by atoms with Gasteiger partial charge in [0, 0.05) is 46.9 Å². The summed E-state index contributed by atoms with van der Waals surface area (Å²) in [6.07, 6.45) is 0.314. The maximum absolute atomic E-state index is 13.3. The number of aliphatic hydroxyl groups is 2. The van der Waals surface area contributed by atoms with E-state index in [4.69, 9.17) is 0 Å². The molecule has 0 radical (unpaired) electrons. The number of aromatic amines is 1. The Morgan fingerprint density at radius 1 is 1.03 bits per heavy atom. The second-order valence-corrected chi connectivity index (χ2v) is 9.97. The van der Waals surface area contributed by atoms with Crippen molar-refractivity contribution >= 4 is 5.69 Å². The van der Waals surface area contributed by atoms with E-state index in [0.29, 0.717) is 11.3 Å². The molecule has 0 spiro atoms. The lowest BCUT2D eigenvalue weighted by molar-refractivity contribution is -0.0952. The molecule has 2 atom stereocenters. The van der Waals surface area contributed by atoms with Crippen molar-refractivity contribution in [3.05, 3.63) is 93.0 Å². The molecule has 0 bridgehead atoms. The van der Waals surface area contributed by atoms with E-state index in [1.165, 1.54) is 10.2 Å². The Kier molecular flexibility index (Phi) is 4.92. The number of likely N-dealkylation sites (N-methyl/N-ethyl adjacent to an activating group) is 1. The molecule has 1 saturated carbocycles. The lowest BCUT2D eigenvalue weighted by Crippen LogP contribution is -2.54. The third-order valence-corrected chi connectivity index (χ3v) is 7.53. The predicted octanol–water partition coefficient (Wildman–Crippen LogP) is 3.53. The normalized spacial score (nSPS) is 27.0. The highest BCUT2D eigenvalue weighted by molar-refractivity contribution is 5.69. The smallest absolute Gasteiger partial charge is 0.275 e. The molecule has 1 aliphatic heterocycles. The molecule has 1 aromatic heterocycles. The quantitative estimate of drug-likeness (QED) is 0.576. The molecule has 2 unspecified atom stereocenters. The topological polar surface area (TPSA) is 81.5 Å². The number of fused-ring (bicyclic) bond motifs is 1. The molecule has 3 N–H and O–H groups in total. The molecule has 1 fully saturated rings. The first-order valence-corrected chi connectivity index (χ1v) is 11.4. The molecule has 0 amide bonds. The van der Waals surface area contributed by atoms with Crippen LogP contribution in [0.5, 0.6) is 0 Å². The number of hydrogen-bond acceptors (Lipinski definition) is 4. The molecule has 6 nitrogen and oxygen atoms in total. The molecule has 0 saturated heterocycles. The minimum absolute atomic E-state index is 0.224. The van der Waals surface area contributed by atoms with Crippen LogP contribution in [0.15, 0.2) is 65.1 Å². The van der Waals surface area contributed by atoms with Crippen LogP contribution in [-0.2, 0) is 5.41 Å². The zero-order valence-corrected chi connectivity index (χ0v) is 19.7. The number of rotatable bonds is 3. The van der Waals surface area contributed by atoms with Gasteiger partial charge < -0.3 is 15.1 Å². The predicted molar refractivity (Wildman–Crippen MR) is 130 cm³/mol. The van der Waals surface area contributed by atoms with E-state index in [-0.39, 0.29) is 11.0 Å². The summed E-state index contributed by atoms with van der Waals surface area (Å²) in [6, 6.07) is 15.9. The Balaban J connectivity index is 1.47. The van der Waals surface area contributed by atoms with Crippen LogP contribution in [-0.4, -0.2) is 39.2 Å². The van der Waals surface area contributed by atoms with Gasteiger partial charge in [-0.3, -0.25) is 9.89 Å². The summed E-state index contributed by atoms with van der Waals surface area (Å²) in [5, 5.41) is 25.4. The third-order valence-electron chi connectivity index (χ3n) is 7.53. The number of aromatic nitrogens is 2. The first-order chi connectivity index (χ1) is 15.6. The molecule has 33 heavy (non-hydrogen) atoms. The van der Waals surface area contributed by atoms with Gasteiger partial charge in [0.2, 0.25) is 0 Å². The molecule has 5 rings (SSSR count). The summed E-state index contributed by atoms with van der Waals surface area (Å²) < 4.78 is 1.49. The van der Waals surface area contributed by atoms with Crippen molar-refractivity contribution in [2.45, 2.75) is 51.2 Å². The number of nitrogens with zero attached hydrogens (tertiary/aromatic N) is 2. The van der Waals surface area contributed by atoms with Gasteiger partial charge >= 0.3 is 0 Å². The van der Waals surface area contributed by atoms with E-state index in [0.717, 1.165) is 22.6 Å². The fourth-order valence-corrected chi connectivity index (χ4v) is 5.66. The van der Waals surface area contributed by atoms with E-state index in [9.17, 15) is 15.0 Å². The van der Waals surface area contributed by atoms with Gasteiger partial charge in [0.15, 0.2) is 0 Å². The van der Waals surface area contributed by atoms with Crippen LogP contribution in [0.4, 0.5) is 5.69 Å². The Labute approximate surface area is 193 Å². The van der Waals surface area contributed by atoms with Gasteiger partial charge in [-0.05, 0) is 43.2 Å². The molecule has 2 aliphatic rings. The molecular weight excluding hydrogens is 414 g/mol. The van der Waals surface area contributed by atoms with Crippen LogP contribution in [0, 0.1) is 19.8 Å². The number of benzene rings is 2. The molecule has 2 aromatic carbocycles. The number of aryl methyl sites for hydroxylation is 2. The van der Waals surface area contributed by atoms with E-state index < -0.39 is 24.0 Å². The van der Waals surface area contributed by atoms with Crippen molar-refractivity contribution in [3.8, 4) is 5.69 Å². The van der Waals surface area contributed by atoms with Crippen molar-refractivity contribution in [2.24, 2.45) is 5.92 Å². The first-order valence-electron chi connectivity index (χ1n) is 11.4. The van der Waals surface area contributed by atoms with Gasteiger partial charge in [-0.1, -0.05) is 50.3 Å². The molecule has 6 heteroatoms. The van der Waals surface area contributed by atoms with Gasteiger partial charge in [-0.25, -0.2) is 4.68 Å². The van der Waals surface area contributed by atoms with Gasteiger partial charge in [0.25, 0.3) is 5.56 Å². The number of para-hydroxylation sites is 1. The Hall–Kier alpha value is -3.09. The van der Waals surface area contributed by atoms with Gasteiger partial charge in [-0.2, -0.15) is 0 Å². The Morgan fingerprint density at radius 3 is 2.39 bits per heavy atom. The van der Waals surface area contributed by atoms with E-state index in [1.807, 2.05) is 63.4 Å². The van der Waals surface area contributed by atoms with Crippen molar-refractivity contribution in [2.75, 3.05) is 11.9 Å². The van der Waals surface area contributed by atoms with E-state index >= 15 is 0 Å². The zero-order valence-electron chi connectivity index (χ0n) is 19.7. The number of anilines is 1. The highest BCUT2D eigenvalue weighted by Crippen LogP contribution is 2.50. The second-order valence-electron chi connectivity index (χ2n) is 9.97. The van der Waals surface area contributed by atoms with Crippen molar-refractivity contribution in [1.82, 2.24) is 9.78 Å². The summed E-state index contributed by atoms with van der Waals surface area (Å²) in [6.45, 7) is 8.11. The number of H-pyrrole nitrogens is 1. The second kappa shape index (κ2) is 7.47.